The molecule has 0 aliphatic carbocycles. The molecular weight excluding hydrogens is 881 g/mol. The third kappa shape index (κ3) is 12.6. The number of hydrogen-bond acceptors (Lipinski definition) is 13. The minimum atomic E-state index is -4.57. The van der Waals surface area contributed by atoms with Gasteiger partial charge >= 0.3 is 18.1 Å². The van der Waals surface area contributed by atoms with Gasteiger partial charge in [-0.15, -0.1) is 0 Å². The second-order valence-electron chi connectivity index (χ2n) is 18.5. The lowest BCUT2D eigenvalue weighted by Gasteiger charge is -2.48. The number of cyclic esters (lactones) is 1. The van der Waals surface area contributed by atoms with Gasteiger partial charge in [-0.25, -0.2) is 13.2 Å². The van der Waals surface area contributed by atoms with Crippen LogP contribution in [0.15, 0.2) is 46.6 Å². The second-order valence-corrected chi connectivity index (χ2v) is 18.5. The van der Waals surface area contributed by atoms with Crippen molar-refractivity contribution >= 4 is 23.4 Å². The first-order chi connectivity index (χ1) is 30.6. The Morgan fingerprint density at radius 3 is 2.14 bits per heavy atom. The third-order valence-corrected chi connectivity index (χ3v) is 13.2. The van der Waals surface area contributed by atoms with E-state index in [9.17, 15) is 51.3 Å². The molecule has 2 heterocycles. The summed E-state index contributed by atoms with van der Waals surface area (Å²) in [6, 6.07) is 4.68. The number of esters is 2. The summed E-state index contributed by atoms with van der Waals surface area (Å²) >= 11 is 0. The lowest BCUT2D eigenvalue weighted by molar-refractivity contribution is -0.301. The van der Waals surface area contributed by atoms with Crippen LogP contribution in [0.3, 0.4) is 0 Å². The number of benzene rings is 2. The Hall–Kier alpha value is -3.98. The normalized spacial score (nSPS) is 35.1. The predicted molar refractivity (Wildman–Crippen MR) is 232 cm³/mol. The minimum absolute atomic E-state index is 0.0204. The average molecular weight is 946 g/mol. The first-order valence-electron chi connectivity index (χ1n) is 22.0. The van der Waals surface area contributed by atoms with E-state index in [0.29, 0.717) is 24.1 Å². The van der Waals surface area contributed by atoms with Crippen molar-refractivity contribution in [1.29, 1.82) is 0 Å². The van der Waals surface area contributed by atoms with Crippen molar-refractivity contribution in [3.8, 4) is 0 Å². The summed E-state index contributed by atoms with van der Waals surface area (Å²) < 4.78 is 114. The van der Waals surface area contributed by atoms with E-state index in [1.54, 1.807) is 55.6 Å². The number of aliphatic hydroxyl groups excluding tert-OH is 2. The Morgan fingerprint density at radius 2 is 1.58 bits per heavy atom. The quantitative estimate of drug-likeness (QED) is 0.0735. The molecule has 2 saturated heterocycles. The number of likely N-dealkylation sites (N-methyl/N-ethyl adjacent to an activating group) is 1. The smallest absolute Gasteiger partial charge is 0.416 e. The molecule has 0 spiro atoms. The Kier molecular flexibility index (Phi) is 18.2. The van der Waals surface area contributed by atoms with Gasteiger partial charge in [0.25, 0.3) is 0 Å². The van der Waals surface area contributed by atoms with E-state index in [4.69, 9.17) is 23.7 Å². The maximum atomic E-state index is 14.8. The van der Waals surface area contributed by atoms with Crippen molar-refractivity contribution in [2.75, 3.05) is 21.2 Å². The van der Waals surface area contributed by atoms with E-state index in [1.165, 1.54) is 40.0 Å². The summed E-state index contributed by atoms with van der Waals surface area (Å²) in [4.78, 5) is 29.9. The van der Waals surface area contributed by atoms with Crippen LogP contribution in [0.2, 0.25) is 0 Å². The molecule has 2 aliphatic heterocycles. The van der Waals surface area contributed by atoms with E-state index in [2.05, 4.69) is 10.2 Å². The van der Waals surface area contributed by atoms with Gasteiger partial charge in [-0.2, -0.15) is 23.4 Å². The van der Waals surface area contributed by atoms with Crippen molar-refractivity contribution < 1.29 is 74.9 Å². The molecule has 370 valence electrons. The van der Waals surface area contributed by atoms with Crippen LogP contribution in [0.25, 0.3) is 0 Å². The number of aliphatic hydroxyl groups is 3. The predicted octanol–water partition coefficient (Wildman–Crippen LogP) is 7.04. The van der Waals surface area contributed by atoms with Crippen LogP contribution in [0.4, 0.5) is 26.3 Å². The molecule has 14 atom stereocenters. The van der Waals surface area contributed by atoms with E-state index < -0.39 is 137 Å². The fourth-order valence-electron chi connectivity index (χ4n) is 9.12. The van der Waals surface area contributed by atoms with Gasteiger partial charge in [-0.05, 0) is 97.7 Å². The Labute approximate surface area is 382 Å². The molecule has 0 amide bonds. The summed E-state index contributed by atoms with van der Waals surface area (Å²) in [5, 5.41) is 44.7. The number of ether oxygens (including phenoxy) is 5. The van der Waals surface area contributed by atoms with Crippen molar-refractivity contribution in [3.05, 3.63) is 70.5 Å². The van der Waals surface area contributed by atoms with Crippen LogP contribution in [-0.2, 0) is 45.9 Å². The van der Waals surface area contributed by atoms with Crippen LogP contribution in [-0.4, -0.2) is 125 Å². The molecule has 4 unspecified atom stereocenters. The molecular formula is C47H65F6N3O10. The molecule has 0 saturated carbocycles. The summed E-state index contributed by atoms with van der Waals surface area (Å²) in [5.41, 5.74) is -4.32. The maximum absolute atomic E-state index is 14.8. The SMILES string of the molecule is CC[C@H]1OC(=O)[C@H](C)[C@@H](OC(=O)Cc2cc(F)c(F)cc2F)[C@H](C)[C@@H](OC2OC(C)CC(N(C)C)C2O)[C@](C)(OC)C[C@@H](C)/C(=N\N=C(/C)c2ccc(C(F)(F)F)cc2)[C@H](C)[C@@H](O)[C@]1(C)O. The van der Waals surface area contributed by atoms with Crippen LogP contribution in [0, 0.1) is 41.1 Å². The van der Waals surface area contributed by atoms with Gasteiger partial charge in [0, 0.05) is 42.3 Å². The number of rotatable bonds is 10. The first-order valence-corrected chi connectivity index (χ1v) is 22.0. The van der Waals surface area contributed by atoms with Gasteiger partial charge in [0.1, 0.15) is 29.7 Å². The number of hydrogen-bond donors (Lipinski definition) is 3. The summed E-state index contributed by atoms with van der Waals surface area (Å²) in [6.45, 7) is 14.2. The first kappa shape index (κ1) is 54.6. The summed E-state index contributed by atoms with van der Waals surface area (Å²) in [6.07, 6.45) is -13.9. The highest BCUT2D eigenvalue weighted by molar-refractivity contribution is 5.99. The highest BCUT2D eigenvalue weighted by atomic mass is 19.4. The van der Waals surface area contributed by atoms with Gasteiger partial charge in [0.15, 0.2) is 17.9 Å². The number of carbonyl (C=O) groups is 2. The lowest BCUT2D eigenvalue weighted by Crippen LogP contribution is -2.60. The molecule has 19 heteroatoms. The fraction of sp³-hybridized carbons (Fsp3) is 0.660. The highest BCUT2D eigenvalue weighted by Gasteiger charge is 2.53. The summed E-state index contributed by atoms with van der Waals surface area (Å²) in [7, 11) is 4.95. The third-order valence-electron chi connectivity index (χ3n) is 13.2. The largest absolute Gasteiger partial charge is 0.461 e. The standard InChI is InChI=1S/C47H65F6N3O10/c1-13-36-46(9,61)41(59)25(4)38(55-54-28(7)29-14-16-31(17-15-29)47(51,52)53)23(2)22-45(8,62-12)42(66-44-39(58)35(56(10)11)18-24(3)63-44)26(5)40(27(6)43(60)64-36)65-37(57)20-30-19-33(49)34(50)21-32(30)48/h14-17,19,21,23-27,35-36,39-42,44,58-59,61H,13,18,20,22H2,1-12H3/b54-28+,55-38+/t23-,24?,25+,26+,27-,35?,36-,39?,40+,41-,42-,44?,45-,46-/m1/s1. The van der Waals surface area contributed by atoms with Crippen LogP contribution < -0.4 is 0 Å². The fourth-order valence-corrected chi connectivity index (χ4v) is 9.12. The molecule has 2 aromatic carbocycles. The number of halogens is 6. The maximum Gasteiger partial charge on any atom is 0.416 e. The van der Waals surface area contributed by atoms with Crippen molar-refractivity contribution in [2.45, 2.75) is 154 Å². The molecule has 3 N–H and O–H groups in total. The van der Waals surface area contributed by atoms with Crippen molar-refractivity contribution in [3.63, 3.8) is 0 Å². The zero-order valence-corrected chi connectivity index (χ0v) is 39.5. The van der Waals surface area contributed by atoms with Crippen molar-refractivity contribution in [1.82, 2.24) is 4.90 Å². The number of carbonyl (C=O) groups excluding carboxylic acids is 2. The Balaban J connectivity index is 1.93. The Bertz CT molecular complexity index is 2050. The van der Waals surface area contributed by atoms with Gasteiger partial charge < -0.3 is 43.9 Å². The zero-order chi connectivity index (χ0) is 49.8. The van der Waals surface area contributed by atoms with Crippen LogP contribution in [0.5, 0.6) is 0 Å². The van der Waals surface area contributed by atoms with Crippen LogP contribution >= 0.6 is 0 Å². The van der Waals surface area contributed by atoms with E-state index in [0.717, 1.165) is 12.1 Å². The minimum Gasteiger partial charge on any atom is -0.461 e. The topological polar surface area (TPSA) is 169 Å². The molecule has 0 aromatic heterocycles. The van der Waals surface area contributed by atoms with Crippen molar-refractivity contribution in [2.24, 2.45) is 33.9 Å². The molecule has 2 fully saturated rings. The number of nitrogens with zero attached hydrogens (tertiary/aromatic N) is 3. The van der Waals surface area contributed by atoms with Gasteiger partial charge in [0.05, 0.1) is 47.5 Å². The van der Waals surface area contributed by atoms with E-state index in [-0.39, 0.29) is 24.3 Å². The zero-order valence-electron chi connectivity index (χ0n) is 39.5. The molecule has 66 heavy (non-hydrogen) atoms. The molecule has 0 radical (unpaired) electrons. The highest BCUT2D eigenvalue weighted by Crippen LogP contribution is 2.41. The van der Waals surface area contributed by atoms with Gasteiger partial charge in [0.2, 0.25) is 0 Å². The lowest BCUT2D eigenvalue weighted by atomic mass is 9.73. The van der Waals surface area contributed by atoms with Gasteiger partial charge in [-0.3, -0.25) is 9.59 Å². The second kappa shape index (κ2) is 22.0. The summed E-state index contributed by atoms with van der Waals surface area (Å²) in [5.74, 6) is -10.5. The molecule has 0 bridgehead atoms. The van der Waals surface area contributed by atoms with Crippen LogP contribution in [0.1, 0.15) is 98.3 Å². The molecule has 13 nitrogen and oxygen atoms in total. The number of alkyl halides is 3. The number of methoxy groups -OCH3 is 1. The molecule has 2 aromatic rings. The molecule has 4 rings (SSSR count). The van der Waals surface area contributed by atoms with E-state index in [1.807, 2.05) is 4.90 Å². The van der Waals surface area contributed by atoms with Gasteiger partial charge in [-0.1, -0.05) is 39.8 Å². The molecule has 2 aliphatic rings. The van der Waals surface area contributed by atoms with E-state index >= 15 is 0 Å². The average Bonchev–Trinajstić information content (AvgIpc) is 3.24. The monoisotopic (exact) mass is 945 g/mol. The Morgan fingerprint density at radius 1 is 0.970 bits per heavy atom.